The first-order valence-corrected chi connectivity index (χ1v) is 7.50. The molecule has 126 valence electrons. The average Bonchev–Trinajstić information content (AvgIpc) is 2.59. The van der Waals surface area contributed by atoms with E-state index >= 15 is 0 Å². The van der Waals surface area contributed by atoms with Crippen molar-refractivity contribution in [2.45, 2.75) is 19.1 Å². The molecule has 24 heavy (non-hydrogen) atoms. The molecule has 0 aliphatic carbocycles. The number of nitro groups is 1. The van der Waals surface area contributed by atoms with Crippen LogP contribution in [0.15, 0.2) is 30.6 Å². The van der Waals surface area contributed by atoms with Crippen LogP contribution in [0.5, 0.6) is 0 Å². The monoisotopic (exact) mass is 331 g/mol. The molecular formula is C16H17N3O5. The predicted molar refractivity (Wildman–Crippen MR) is 87.0 cm³/mol. The number of ether oxygens (including phenoxy) is 2. The van der Waals surface area contributed by atoms with Crippen LogP contribution in [0, 0.1) is 10.1 Å². The zero-order valence-electron chi connectivity index (χ0n) is 13.3. The summed E-state index contributed by atoms with van der Waals surface area (Å²) in [5, 5.41) is 12.4. The number of methoxy groups -OCH3 is 1. The lowest BCUT2D eigenvalue weighted by Crippen LogP contribution is -2.50. The second kappa shape index (κ2) is 6.40. The normalized spacial score (nSPS) is 20.8. The van der Waals surface area contributed by atoms with Gasteiger partial charge in [-0.05, 0) is 19.1 Å². The standard InChI is InChI=1S/C16H17N3O5/c1-10-8-18(9-15(24-10)16(20)23-2)13-3-4-14(19(21)22)12-7-17-6-5-11(12)13/h3-7,10,15H,8-9H2,1-2H3/t10-,15-/m1/s1. The van der Waals surface area contributed by atoms with Gasteiger partial charge in [0.05, 0.1) is 30.1 Å². The Morgan fingerprint density at radius 3 is 2.88 bits per heavy atom. The summed E-state index contributed by atoms with van der Waals surface area (Å²) in [5.41, 5.74) is 0.815. The highest BCUT2D eigenvalue weighted by molar-refractivity contribution is 5.99. The average molecular weight is 331 g/mol. The second-order valence-electron chi connectivity index (χ2n) is 5.65. The zero-order valence-corrected chi connectivity index (χ0v) is 13.3. The molecule has 2 aromatic rings. The summed E-state index contributed by atoms with van der Waals surface area (Å²) in [7, 11) is 1.32. The molecule has 0 unspecified atom stereocenters. The molecule has 1 fully saturated rings. The Morgan fingerprint density at radius 2 is 2.17 bits per heavy atom. The highest BCUT2D eigenvalue weighted by atomic mass is 16.6. The summed E-state index contributed by atoms with van der Waals surface area (Å²) >= 11 is 0. The maximum atomic E-state index is 11.8. The fraction of sp³-hybridized carbons (Fsp3) is 0.375. The van der Waals surface area contributed by atoms with Gasteiger partial charge in [-0.25, -0.2) is 4.79 Å². The minimum absolute atomic E-state index is 0.00711. The molecule has 1 aromatic heterocycles. The summed E-state index contributed by atoms with van der Waals surface area (Å²) < 4.78 is 10.4. The van der Waals surface area contributed by atoms with Gasteiger partial charge in [-0.1, -0.05) is 0 Å². The van der Waals surface area contributed by atoms with Gasteiger partial charge in [-0.15, -0.1) is 0 Å². The molecule has 1 aliphatic heterocycles. The molecule has 1 saturated heterocycles. The molecule has 0 saturated carbocycles. The van der Waals surface area contributed by atoms with Gasteiger partial charge in [0.15, 0.2) is 6.10 Å². The van der Waals surface area contributed by atoms with Gasteiger partial charge in [-0.3, -0.25) is 15.1 Å². The molecule has 0 spiro atoms. The molecule has 0 radical (unpaired) electrons. The van der Waals surface area contributed by atoms with Crippen molar-refractivity contribution >= 4 is 28.1 Å². The minimum Gasteiger partial charge on any atom is -0.467 e. The third kappa shape index (κ3) is 2.88. The maximum Gasteiger partial charge on any atom is 0.336 e. The van der Waals surface area contributed by atoms with Crippen molar-refractivity contribution in [2.75, 3.05) is 25.1 Å². The summed E-state index contributed by atoms with van der Waals surface area (Å²) in [6, 6.07) is 4.91. The van der Waals surface area contributed by atoms with Crippen LogP contribution in [0.3, 0.4) is 0 Å². The van der Waals surface area contributed by atoms with E-state index in [0.29, 0.717) is 18.5 Å². The van der Waals surface area contributed by atoms with Crippen molar-refractivity contribution in [1.82, 2.24) is 4.98 Å². The third-order valence-electron chi connectivity index (χ3n) is 4.03. The molecule has 1 aromatic carbocycles. The predicted octanol–water partition coefficient (Wildman–Crippen LogP) is 1.91. The molecule has 2 heterocycles. The van der Waals surface area contributed by atoms with E-state index in [9.17, 15) is 14.9 Å². The number of nitro benzene ring substituents is 1. The Morgan fingerprint density at radius 1 is 1.38 bits per heavy atom. The summed E-state index contributed by atoms with van der Waals surface area (Å²) in [6.45, 7) is 2.77. The van der Waals surface area contributed by atoms with Gasteiger partial charge in [0.2, 0.25) is 0 Å². The molecule has 0 N–H and O–H groups in total. The number of nitrogens with zero attached hydrogens (tertiary/aromatic N) is 3. The highest BCUT2D eigenvalue weighted by Crippen LogP contribution is 2.34. The van der Waals surface area contributed by atoms with Crippen LogP contribution in [0.1, 0.15) is 6.92 Å². The minimum atomic E-state index is -0.689. The van der Waals surface area contributed by atoms with Gasteiger partial charge in [0, 0.05) is 36.1 Å². The van der Waals surface area contributed by atoms with E-state index in [1.165, 1.54) is 19.4 Å². The van der Waals surface area contributed by atoms with E-state index in [4.69, 9.17) is 9.47 Å². The Balaban J connectivity index is 2.04. The number of benzene rings is 1. The number of non-ortho nitro benzene ring substituents is 1. The summed E-state index contributed by atoms with van der Waals surface area (Å²) in [4.78, 5) is 28.6. The molecular weight excluding hydrogens is 314 g/mol. The lowest BCUT2D eigenvalue weighted by molar-refractivity contribution is -0.383. The smallest absolute Gasteiger partial charge is 0.336 e. The van der Waals surface area contributed by atoms with Crippen LogP contribution in [-0.2, 0) is 14.3 Å². The maximum absolute atomic E-state index is 11.8. The highest BCUT2D eigenvalue weighted by Gasteiger charge is 2.32. The van der Waals surface area contributed by atoms with E-state index in [1.807, 2.05) is 11.8 Å². The number of rotatable bonds is 3. The van der Waals surface area contributed by atoms with Gasteiger partial charge in [0.25, 0.3) is 5.69 Å². The SMILES string of the molecule is COC(=O)[C@H]1CN(c2ccc([N+](=O)[O-])c3cnccc23)C[C@@H](C)O1. The number of hydrogen-bond donors (Lipinski definition) is 0. The quantitative estimate of drug-likeness (QED) is 0.481. The van der Waals surface area contributed by atoms with Crippen LogP contribution in [0.4, 0.5) is 11.4 Å². The number of esters is 1. The van der Waals surface area contributed by atoms with E-state index in [1.54, 1.807) is 18.3 Å². The number of pyridine rings is 1. The lowest BCUT2D eigenvalue weighted by Gasteiger charge is -2.37. The second-order valence-corrected chi connectivity index (χ2v) is 5.65. The Bertz CT molecular complexity index is 794. The number of fused-ring (bicyclic) bond motifs is 1. The molecule has 8 nitrogen and oxygen atoms in total. The van der Waals surface area contributed by atoms with E-state index in [2.05, 4.69) is 4.98 Å². The molecule has 1 aliphatic rings. The molecule has 8 heteroatoms. The Kier molecular flexibility index (Phi) is 4.30. The van der Waals surface area contributed by atoms with Crippen LogP contribution in [0.2, 0.25) is 0 Å². The van der Waals surface area contributed by atoms with Crippen LogP contribution in [0.25, 0.3) is 10.8 Å². The molecule has 3 rings (SSSR count). The fourth-order valence-corrected chi connectivity index (χ4v) is 3.00. The van der Waals surface area contributed by atoms with E-state index < -0.39 is 17.0 Å². The molecule has 2 atom stereocenters. The van der Waals surface area contributed by atoms with Gasteiger partial charge in [0.1, 0.15) is 0 Å². The number of hydrogen-bond acceptors (Lipinski definition) is 7. The zero-order chi connectivity index (χ0) is 17.3. The Labute approximate surface area is 138 Å². The largest absolute Gasteiger partial charge is 0.467 e. The molecule has 0 bridgehead atoms. The third-order valence-corrected chi connectivity index (χ3v) is 4.03. The first-order chi connectivity index (χ1) is 11.5. The van der Waals surface area contributed by atoms with Crippen molar-refractivity contribution in [3.63, 3.8) is 0 Å². The number of aromatic nitrogens is 1. The number of morpholine rings is 1. The topological polar surface area (TPSA) is 94.8 Å². The van der Waals surface area contributed by atoms with Crippen molar-refractivity contribution in [3.8, 4) is 0 Å². The van der Waals surface area contributed by atoms with E-state index in [-0.39, 0.29) is 11.8 Å². The fourth-order valence-electron chi connectivity index (χ4n) is 3.00. The van der Waals surface area contributed by atoms with Crippen molar-refractivity contribution in [2.24, 2.45) is 0 Å². The summed E-state index contributed by atoms with van der Waals surface area (Å²) in [5.74, 6) is -0.431. The van der Waals surface area contributed by atoms with Crippen molar-refractivity contribution in [1.29, 1.82) is 0 Å². The first kappa shape index (κ1) is 16.1. The van der Waals surface area contributed by atoms with Crippen LogP contribution in [-0.4, -0.2) is 48.3 Å². The van der Waals surface area contributed by atoms with Gasteiger partial charge in [-0.2, -0.15) is 0 Å². The number of carbonyl (C=O) groups is 1. The van der Waals surface area contributed by atoms with Crippen molar-refractivity contribution < 1.29 is 19.2 Å². The van der Waals surface area contributed by atoms with Crippen molar-refractivity contribution in [3.05, 3.63) is 40.7 Å². The van der Waals surface area contributed by atoms with Gasteiger partial charge >= 0.3 is 5.97 Å². The molecule has 0 amide bonds. The van der Waals surface area contributed by atoms with Crippen LogP contribution >= 0.6 is 0 Å². The first-order valence-electron chi connectivity index (χ1n) is 7.50. The van der Waals surface area contributed by atoms with Crippen LogP contribution < -0.4 is 4.90 Å². The summed E-state index contributed by atoms with van der Waals surface area (Å²) in [6.07, 6.45) is 2.22. The number of anilines is 1. The number of carbonyl (C=O) groups excluding carboxylic acids is 1. The lowest BCUT2D eigenvalue weighted by atomic mass is 10.1. The van der Waals surface area contributed by atoms with Gasteiger partial charge < -0.3 is 14.4 Å². The van der Waals surface area contributed by atoms with E-state index in [0.717, 1.165) is 11.1 Å². The Hall–Kier alpha value is -2.74.